The van der Waals surface area contributed by atoms with E-state index in [1.165, 1.54) is 0 Å². The van der Waals surface area contributed by atoms with Gasteiger partial charge in [-0.15, -0.1) is 0 Å². The average Bonchev–Trinajstić information content (AvgIpc) is 2.08. The van der Waals surface area contributed by atoms with Crippen LogP contribution in [0.5, 0.6) is 0 Å². The maximum absolute atomic E-state index is 5.49. The Balaban J connectivity index is 2.36. The second kappa shape index (κ2) is 5.58. The number of nitrogens with zero attached hydrogens (tertiary/aromatic N) is 1. The molecule has 3 nitrogen and oxygen atoms in total. The number of rotatable bonds is 4. The highest BCUT2D eigenvalue weighted by Gasteiger charge is 2.24. The molecule has 0 aromatic carbocycles. The summed E-state index contributed by atoms with van der Waals surface area (Å²) in [7, 11) is 4.25. The molecule has 1 fully saturated rings. The van der Waals surface area contributed by atoms with Crippen LogP contribution in [0.1, 0.15) is 13.3 Å². The number of ether oxygens (including phenoxy) is 1. The van der Waals surface area contributed by atoms with Crippen LogP contribution in [0.3, 0.4) is 0 Å². The van der Waals surface area contributed by atoms with E-state index < -0.39 is 0 Å². The molecule has 1 saturated heterocycles. The third kappa shape index (κ3) is 3.63. The van der Waals surface area contributed by atoms with Crippen LogP contribution < -0.4 is 5.32 Å². The first-order valence-corrected chi connectivity index (χ1v) is 5.20. The predicted octanol–water partition coefficient (Wildman–Crippen LogP) is 0.563. The minimum Gasteiger partial charge on any atom is -0.381 e. The van der Waals surface area contributed by atoms with Crippen molar-refractivity contribution in [3.05, 3.63) is 0 Å². The number of hydrogen-bond acceptors (Lipinski definition) is 3. The van der Waals surface area contributed by atoms with Gasteiger partial charge < -0.3 is 15.0 Å². The highest BCUT2D eigenvalue weighted by atomic mass is 16.5. The lowest BCUT2D eigenvalue weighted by molar-refractivity contribution is 0.0228. The van der Waals surface area contributed by atoms with Crippen LogP contribution in [0.15, 0.2) is 0 Å². The van der Waals surface area contributed by atoms with E-state index in [4.69, 9.17) is 4.74 Å². The summed E-state index contributed by atoms with van der Waals surface area (Å²) in [5.41, 5.74) is 0. The van der Waals surface area contributed by atoms with Gasteiger partial charge in [0.05, 0.1) is 6.61 Å². The summed E-state index contributed by atoms with van der Waals surface area (Å²) in [4.78, 5) is 2.24. The second-order valence-corrected chi connectivity index (χ2v) is 4.05. The van der Waals surface area contributed by atoms with Crippen LogP contribution in [-0.4, -0.2) is 51.3 Å². The van der Waals surface area contributed by atoms with Gasteiger partial charge in [0.25, 0.3) is 0 Å². The minimum absolute atomic E-state index is 0.654. The Kier molecular flexibility index (Phi) is 4.70. The fourth-order valence-corrected chi connectivity index (χ4v) is 1.98. The van der Waals surface area contributed by atoms with Gasteiger partial charge in [0.2, 0.25) is 0 Å². The third-order valence-corrected chi connectivity index (χ3v) is 2.54. The first-order valence-electron chi connectivity index (χ1n) is 5.20. The van der Waals surface area contributed by atoms with Gasteiger partial charge in [-0.1, -0.05) is 6.92 Å². The molecule has 2 unspecified atom stereocenters. The molecular formula is C10H22N2O. The summed E-state index contributed by atoms with van der Waals surface area (Å²) in [6.45, 7) is 6.19. The Hall–Kier alpha value is -0.120. The molecule has 1 aliphatic rings. The average molecular weight is 186 g/mol. The minimum atomic E-state index is 0.654. The maximum Gasteiger partial charge on any atom is 0.0521 e. The van der Waals surface area contributed by atoms with Gasteiger partial charge in [0.1, 0.15) is 0 Å². The van der Waals surface area contributed by atoms with Crippen molar-refractivity contribution < 1.29 is 4.74 Å². The molecular weight excluding hydrogens is 164 g/mol. The summed E-state index contributed by atoms with van der Waals surface area (Å²) in [5, 5.41) is 3.53. The smallest absolute Gasteiger partial charge is 0.0521 e. The highest BCUT2D eigenvalue weighted by Crippen LogP contribution is 2.15. The van der Waals surface area contributed by atoms with E-state index in [2.05, 4.69) is 31.2 Å². The van der Waals surface area contributed by atoms with Gasteiger partial charge in [-0.25, -0.2) is 0 Å². The summed E-state index contributed by atoms with van der Waals surface area (Å²) in [6.07, 6.45) is 1.16. The Bertz CT molecular complexity index is 137. The predicted molar refractivity (Wildman–Crippen MR) is 54.9 cm³/mol. The van der Waals surface area contributed by atoms with Gasteiger partial charge in [0, 0.05) is 25.1 Å². The van der Waals surface area contributed by atoms with E-state index in [1.54, 1.807) is 0 Å². The van der Waals surface area contributed by atoms with Gasteiger partial charge in [-0.2, -0.15) is 0 Å². The maximum atomic E-state index is 5.49. The van der Waals surface area contributed by atoms with Crippen molar-refractivity contribution >= 4 is 0 Å². The SMILES string of the molecule is CCNC1CCOCC1CN(C)C. The van der Waals surface area contributed by atoms with Crippen LogP contribution in [0.4, 0.5) is 0 Å². The topological polar surface area (TPSA) is 24.5 Å². The largest absolute Gasteiger partial charge is 0.381 e. The highest BCUT2D eigenvalue weighted by molar-refractivity contribution is 4.80. The zero-order valence-electron chi connectivity index (χ0n) is 9.05. The van der Waals surface area contributed by atoms with Crippen LogP contribution in [0, 0.1) is 5.92 Å². The zero-order chi connectivity index (χ0) is 9.68. The molecule has 1 heterocycles. The van der Waals surface area contributed by atoms with Gasteiger partial charge in [0.15, 0.2) is 0 Å². The van der Waals surface area contributed by atoms with Crippen molar-refractivity contribution in [2.45, 2.75) is 19.4 Å². The van der Waals surface area contributed by atoms with E-state index in [1.807, 2.05) is 0 Å². The first kappa shape index (κ1) is 11.0. The molecule has 0 aromatic rings. The number of nitrogens with one attached hydrogen (secondary N) is 1. The van der Waals surface area contributed by atoms with E-state index in [-0.39, 0.29) is 0 Å². The molecule has 0 amide bonds. The third-order valence-electron chi connectivity index (χ3n) is 2.54. The van der Waals surface area contributed by atoms with Crippen molar-refractivity contribution in [3.63, 3.8) is 0 Å². The summed E-state index contributed by atoms with van der Waals surface area (Å²) in [6, 6.07) is 0.654. The molecule has 2 atom stereocenters. The van der Waals surface area contributed by atoms with E-state index in [0.29, 0.717) is 12.0 Å². The van der Waals surface area contributed by atoms with E-state index in [0.717, 1.165) is 32.7 Å². The first-order chi connectivity index (χ1) is 6.24. The van der Waals surface area contributed by atoms with Crippen molar-refractivity contribution in [2.24, 2.45) is 5.92 Å². The lowest BCUT2D eigenvalue weighted by Gasteiger charge is -2.33. The van der Waals surface area contributed by atoms with Gasteiger partial charge >= 0.3 is 0 Å². The van der Waals surface area contributed by atoms with Crippen molar-refractivity contribution in [1.82, 2.24) is 10.2 Å². The lowest BCUT2D eigenvalue weighted by Crippen LogP contribution is -2.46. The van der Waals surface area contributed by atoms with Crippen molar-refractivity contribution in [2.75, 3.05) is 40.4 Å². The molecule has 0 bridgehead atoms. The monoisotopic (exact) mass is 186 g/mol. The summed E-state index contributed by atoms with van der Waals surface area (Å²) < 4.78 is 5.49. The Labute approximate surface area is 81.4 Å². The molecule has 0 saturated carbocycles. The normalized spacial score (nSPS) is 29.5. The Morgan fingerprint density at radius 1 is 1.46 bits per heavy atom. The second-order valence-electron chi connectivity index (χ2n) is 4.05. The van der Waals surface area contributed by atoms with Crippen LogP contribution in [0.2, 0.25) is 0 Å². The number of hydrogen-bond donors (Lipinski definition) is 1. The summed E-state index contributed by atoms with van der Waals surface area (Å²) in [5.74, 6) is 0.656. The molecule has 1 rings (SSSR count). The molecule has 13 heavy (non-hydrogen) atoms. The molecule has 78 valence electrons. The zero-order valence-corrected chi connectivity index (χ0v) is 9.05. The Morgan fingerprint density at radius 2 is 2.23 bits per heavy atom. The van der Waals surface area contributed by atoms with E-state index in [9.17, 15) is 0 Å². The fraction of sp³-hybridized carbons (Fsp3) is 1.00. The standard InChI is InChI=1S/C10H22N2O/c1-4-11-10-5-6-13-8-9(10)7-12(2)3/h9-11H,4-8H2,1-3H3. The molecule has 3 heteroatoms. The molecule has 1 N–H and O–H groups in total. The van der Waals surface area contributed by atoms with Crippen LogP contribution >= 0.6 is 0 Å². The van der Waals surface area contributed by atoms with Crippen molar-refractivity contribution in [3.8, 4) is 0 Å². The Morgan fingerprint density at radius 3 is 2.85 bits per heavy atom. The molecule has 0 aromatic heterocycles. The quantitative estimate of drug-likeness (QED) is 0.694. The van der Waals surface area contributed by atoms with Gasteiger partial charge in [-0.3, -0.25) is 0 Å². The van der Waals surface area contributed by atoms with Crippen molar-refractivity contribution in [1.29, 1.82) is 0 Å². The summed E-state index contributed by atoms with van der Waals surface area (Å²) >= 11 is 0. The van der Waals surface area contributed by atoms with E-state index >= 15 is 0 Å². The molecule has 0 aliphatic carbocycles. The molecule has 0 spiro atoms. The van der Waals surface area contributed by atoms with Crippen LogP contribution in [-0.2, 0) is 4.74 Å². The molecule has 1 aliphatic heterocycles. The lowest BCUT2D eigenvalue weighted by atomic mass is 9.95. The van der Waals surface area contributed by atoms with Gasteiger partial charge in [-0.05, 0) is 27.1 Å². The molecule has 0 radical (unpaired) electrons. The van der Waals surface area contributed by atoms with Crippen LogP contribution in [0.25, 0.3) is 0 Å². The fourth-order valence-electron chi connectivity index (χ4n) is 1.98.